The van der Waals surface area contributed by atoms with Gasteiger partial charge in [0.05, 0.1) is 11.0 Å². The maximum atomic E-state index is 12.6. The average Bonchev–Trinajstić information content (AvgIpc) is 3.12. The molecule has 1 aromatic heterocycles. The third-order valence-electron chi connectivity index (χ3n) is 5.14. The molecule has 0 saturated carbocycles. The molecule has 2 N–H and O–H groups in total. The summed E-state index contributed by atoms with van der Waals surface area (Å²) >= 11 is 0. The number of nitrogens with one attached hydrogen (secondary N) is 2. The smallest absolute Gasteiger partial charge is 0.227 e. The van der Waals surface area contributed by atoms with Crippen LogP contribution in [0.5, 0.6) is 0 Å². The predicted molar refractivity (Wildman–Crippen MR) is 105 cm³/mol. The second-order valence-corrected chi connectivity index (χ2v) is 6.88. The first kappa shape index (κ1) is 16.6. The molecule has 5 heteroatoms. The minimum Gasteiger partial charge on any atom is -0.342 e. The average molecular weight is 348 g/mol. The largest absolute Gasteiger partial charge is 0.342 e. The number of H-pyrrole nitrogens is 1. The fourth-order valence-electron chi connectivity index (χ4n) is 3.56. The Morgan fingerprint density at radius 3 is 2.77 bits per heavy atom. The van der Waals surface area contributed by atoms with Gasteiger partial charge in [-0.05, 0) is 49.1 Å². The minimum atomic E-state index is 0.0564. The van der Waals surface area contributed by atoms with Crippen LogP contribution in [0, 0.1) is 5.92 Å². The number of piperidine rings is 1. The summed E-state index contributed by atoms with van der Waals surface area (Å²) in [6.45, 7) is 3.80. The van der Waals surface area contributed by atoms with E-state index in [0.29, 0.717) is 0 Å². The van der Waals surface area contributed by atoms with Crippen molar-refractivity contribution in [3.05, 3.63) is 54.1 Å². The monoisotopic (exact) mass is 348 g/mol. The van der Waals surface area contributed by atoms with Crippen molar-refractivity contribution in [1.29, 1.82) is 0 Å². The highest BCUT2D eigenvalue weighted by atomic mass is 16.1. The van der Waals surface area contributed by atoms with E-state index in [2.05, 4.69) is 39.2 Å². The van der Waals surface area contributed by atoms with E-state index in [1.165, 1.54) is 5.56 Å². The van der Waals surface area contributed by atoms with Gasteiger partial charge in [0, 0.05) is 24.7 Å². The zero-order valence-electron chi connectivity index (χ0n) is 15.0. The molecule has 0 spiro atoms. The Kier molecular flexibility index (Phi) is 4.61. The van der Waals surface area contributed by atoms with Crippen molar-refractivity contribution in [2.24, 2.45) is 5.92 Å². The number of benzene rings is 2. The predicted octanol–water partition coefficient (Wildman–Crippen LogP) is 3.98. The van der Waals surface area contributed by atoms with Crippen LogP contribution in [-0.2, 0) is 11.2 Å². The van der Waals surface area contributed by atoms with Crippen molar-refractivity contribution >= 4 is 28.6 Å². The number of nitrogens with zero attached hydrogens (tertiary/aromatic N) is 2. The molecule has 1 saturated heterocycles. The lowest BCUT2D eigenvalue weighted by atomic mass is 9.96. The normalized spacial score (nSPS) is 15.3. The number of aromatic amines is 1. The summed E-state index contributed by atoms with van der Waals surface area (Å²) in [5.74, 6) is 1.09. The Hall–Kier alpha value is -2.82. The molecule has 3 aromatic rings. The standard InChI is InChI=1S/C21H24N4O/c1-2-15-6-5-7-17(14-15)22-20(26)16-10-12-25(13-11-16)21-23-18-8-3-4-9-19(18)24-21/h3-9,14,16H,2,10-13H2,1H3,(H,22,26)(H,23,24). The molecule has 1 aliphatic heterocycles. The SMILES string of the molecule is CCc1cccc(NC(=O)C2CCN(c3nc4ccccc4[nH]3)CC2)c1. The molecule has 134 valence electrons. The quantitative estimate of drug-likeness (QED) is 0.750. The molecule has 5 nitrogen and oxygen atoms in total. The van der Waals surface area contributed by atoms with E-state index in [1.807, 2.05) is 36.4 Å². The first-order valence-electron chi connectivity index (χ1n) is 9.32. The van der Waals surface area contributed by atoms with E-state index in [-0.39, 0.29) is 11.8 Å². The van der Waals surface area contributed by atoms with Gasteiger partial charge in [-0.1, -0.05) is 31.2 Å². The molecule has 0 unspecified atom stereocenters. The van der Waals surface area contributed by atoms with E-state index in [9.17, 15) is 4.79 Å². The molecule has 26 heavy (non-hydrogen) atoms. The molecule has 0 bridgehead atoms. The lowest BCUT2D eigenvalue weighted by Crippen LogP contribution is -2.38. The van der Waals surface area contributed by atoms with Crippen LogP contribution in [0.3, 0.4) is 0 Å². The third kappa shape index (κ3) is 3.43. The Balaban J connectivity index is 1.37. The molecule has 1 fully saturated rings. The Morgan fingerprint density at radius 1 is 1.19 bits per heavy atom. The summed E-state index contributed by atoms with van der Waals surface area (Å²) in [6.07, 6.45) is 2.66. The summed E-state index contributed by atoms with van der Waals surface area (Å²) < 4.78 is 0. The Labute approximate surface area is 153 Å². The molecular formula is C21H24N4O. The molecule has 1 amide bonds. The van der Waals surface area contributed by atoms with Crippen molar-refractivity contribution in [3.8, 4) is 0 Å². The molecule has 0 atom stereocenters. The number of fused-ring (bicyclic) bond motifs is 1. The highest BCUT2D eigenvalue weighted by molar-refractivity contribution is 5.92. The van der Waals surface area contributed by atoms with Crippen molar-refractivity contribution in [2.75, 3.05) is 23.3 Å². The number of aryl methyl sites for hydroxylation is 1. The molecule has 1 aliphatic rings. The maximum absolute atomic E-state index is 12.6. The number of aromatic nitrogens is 2. The number of hydrogen-bond donors (Lipinski definition) is 2. The van der Waals surface area contributed by atoms with Crippen LogP contribution in [0.4, 0.5) is 11.6 Å². The highest BCUT2D eigenvalue weighted by Crippen LogP contribution is 2.24. The third-order valence-corrected chi connectivity index (χ3v) is 5.14. The van der Waals surface area contributed by atoms with Gasteiger partial charge in [-0.15, -0.1) is 0 Å². The molecule has 4 rings (SSSR count). The van der Waals surface area contributed by atoms with Crippen LogP contribution in [0.2, 0.25) is 0 Å². The van der Waals surface area contributed by atoms with Gasteiger partial charge in [0.15, 0.2) is 0 Å². The number of amides is 1. The molecular weight excluding hydrogens is 324 g/mol. The first-order chi connectivity index (χ1) is 12.7. The zero-order chi connectivity index (χ0) is 17.9. The summed E-state index contributed by atoms with van der Waals surface area (Å²) in [6, 6.07) is 16.2. The summed E-state index contributed by atoms with van der Waals surface area (Å²) in [7, 11) is 0. The number of imidazole rings is 1. The second-order valence-electron chi connectivity index (χ2n) is 6.88. The van der Waals surface area contributed by atoms with Crippen molar-refractivity contribution in [1.82, 2.24) is 9.97 Å². The van der Waals surface area contributed by atoms with Gasteiger partial charge in [-0.3, -0.25) is 4.79 Å². The van der Waals surface area contributed by atoms with E-state index >= 15 is 0 Å². The number of rotatable bonds is 4. The number of carbonyl (C=O) groups excluding carboxylic acids is 1. The zero-order valence-corrected chi connectivity index (χ0v) is 15.0. The van der Waals surface area contributed by atoms with E-state index in [1.54, 1.807) is 0 Å². The van der Waals surface area contributed by atoms with Crippen molar-refractivity contribution < 1.29 is 4.79 Å². The van der Waals surface area contributed by atoms with Gasteiger partial charge in [0.1, 0.15) is 0 Å². The lowest BCUT2D eigenvalue weighted by molar-refractivity contribution is -0.120. The molecule has 2 heterocycles. The number of para-hydroxylation sites is 2. The maximum Gasteiger partial charge on any atom is 0.227 e. The van der Waals surface area contributed by atoms with Gasteiger partial charge in [0.2, 0.25) is 11.9 Å². The van der Waals surface area contributed by atoms with Gasteiger partial charge < -0.3 is 15.2 Å². The summed E-state index contributed by atoms with van der Waals surface area (Å²) in [5, 5.41) is 3.08. The highest BCUT2D eigenvalue weighted by Gasteiger charge is 2.26. The number of anilines is 2. The van der Waals surface area contributed by atoms with Gasteiger partial charge in [0.25, 0.3) is 0 Å². The first-order valence-corrected chi connectivity index (χ1v) is 9.32. The van der Waals surface area contributed by atoms with E-state index in [4.69, 9.17) is 0 Å². The van der Waals surface area contributed by atoms with Crippen LogP contribution in [0.15, 0.2) is 48.5 Å². The van der Waals surface area contributed by atoms with Crippen LogP contribution in [-0.4, -0.2) is 29.0 Å². The topological polar surface area (TPSA) is 61.0 Å². The fraction of sp³-hybridized carbons (Fsp3) is 0.333. The molecule has 2 aromatic carbocycles. The van der Waals surface area contributed by atoms with Gasteiger partial charge in [-0.25, -0.2) is 4.98 Å². The van der Waals surface area contributed by atoms with Gasteiger partial charge >= 0.3 is 0 Å². The van der Waals surface area contributed by atoms with Crippen molar-refractivity contribution in [3.63, 3.8) is 0 Å². The lowest BCUT2D eigenvalue weighted by Gasteiger charge is -2.31. The van der Waals surface area contributed by atoms with Crippen LogP contribution < -0.4 is 10.2 Å². The van der Waals surface area contributed by atoms with Crippen LogP contribution >= 0.6 is 0 Å². The summed E-state index contributed by atoms with van der Waals surface area (Å²) in [4.78, 5) is 22.9. The second kappa shape index (κ2) is 7.20. The summed E-state index contributed by atoms with van der Waals surface area (Å²) in [5.41, 5.74) is 4.17. The van der Waals surface area contributed by atoms with E-state index < -0.39 is 0 Å². The Morgan fingerprint density at radius 2 is 2.00 bits per heavy atom. The van der Waals surface area contributed by atoms with Crippen molar-refractivity contribution in [2.45, 2.75) is 26.2 Å². The van der Waals surface area contributed by atoms with Crippen LogP contribution in [0.1, 0.15) is 25.3 Å². The van der Waals surface area contributed by atoms with Gasteiger partial charge in [-0.2, -0.15) is 0 Å². The van der Waals surface area contributed by atoms with E-state index in [0.717, 1.165) is 55.0 Å². The fourth-order valence-corrected chi connectivity index (χ4v) is 3.56. The minimum absolute atomic E-state index is 0.0564. The Bertz CT molecular complexity index is 876. The molecule has 0 radical (unpaired) electrons. The van der Waals surface area contributed by atoms with Crippen LogP contribution in [0.25, 0.3) is 11.0 Å². The number of carbonyl (C=O) groups is 1. The molecule has 0 aliphatic carbocycles. The number of hydrogen-bond acceptors (Lipinski definition) is 3.